The van der Waals surface area contributed by atoms with Crippen molar-refractivity contribution < 1.29 is 23.9 Å². The summed E-state index contributed by atoms with van der Waals surface area (Å²) in [5, 5.41) is 9.98. The first-order valence-electron chi connectivity index (χ1n) is 13.0. The van der Waals surface area contributed by atoms with Gasteiger partial charge in [0.25, 0.3) is 0 Å². The molecule has 2 aromatic heterocycles. The van der Waals surface area contributed by atoms with Gasteiger partial charge in [0.05, 0.1) is 25.3 Å². The third-order valence-corrected chi connectivity index (χ3v) is 7.57. The van der Waals surface area contributed by atoms with Crippen LogP contribution in [0.4, 0.5) is 0 Å². The fourth-order valence-electron chi connectivity index (χ4n) is 5.72. The van der Waals surface area contributed by atoms with Crippen LogP contribution < -0.4 is 0 Å². The molecule has 0 radical (unpaired) electrons. The third kappa shape index (κ3) is 5.17. The van der Waals surface area contributed by atoms with Gasteiger partial charge in [0, 0.05) is 40.1 Å². The van der Waals surface area contributed by atoms with Crippen LogP contribution >= 0.6 is 0 Å². The van der Waals surface area contributed by atoms with Gasteiger partial charge in [-0.3, -0.25) is 4.79 Å². The van der Waals surface area contributed by atoms with E-state index in [9.17, 15) is 19.6 Å². The molecule has 0 amide bonds. The first kappa shape index (κ1) is 27.6. The van der Waals surface area contributed by atoms with Crippen LogP contribution in [0.5, 0.6) is 0 Å². The number of ether oxygens (including phenoxy) is 2. The molecule has 0 spiro atoms. The normalized spacial score (nSPS) is 13.8. The van der Waals surface area contributed by atoms with E-state index in [0.717, 1.165) is 35.6 Å². The molecule has 0 bridgehead atoms. The fraction of sp³-hybridized carbons (Fsp3) is 0.355. The van der Waals surface area contributed by atoms with Gasteiger partial charge in [0.2, 0.25) is 5.78 Å². The maximum absolute atomic E-state index is 13.5. The first-order valence-corrected chi connectivity index (χ1v) is 13.0. The van der Waals surface area contributed by atoms with Crippen LogP contribution in [0.15, 0.2) is 35.9 Å². The topological polar surface area (TPSA) is 103 Å². The highest BCUT2D eigenvalue weighted by molar-refractivity contribution is 6.15. The fourth-order valence-corrected chi connectivity index (χ4v) is 5.72. The van der Waals surface area contributed by atoms with E-state index in [1.54, 1.807) is 18.2 Å². The van der Waals surface area contributed by atoms with Crippen molar-refractivity contribution in [3.05, 3.63) is 80.9 Å². The molecule has 1 aromatic carbocycles. The van der Waals surface area contributed by atoms with Crippen molar-refractivity contribution in [3.8, 4) is 11.8 Å². The summed E-state index contributed by atoms with van der Waals surface area (Å²) < 4.78 is 13.8. The minimum Gasteiger partial charge on any atom is -0.465 e. The van der Waals surface area contributed by atoms with Crippen LogP contribution in [0.2, 0.25) is 0 Å². The summed E-state index contributed by atoms with van der Waals surface area (Å²) in [6.07, 6.45) is 6.19. The number of rotatable bonds is 7. The quantitative estimate of drug-likeness (QED) is 0.162. The number of aromatic nitrogens is 2. The van der Waals surface area contributed by atoms with Crippen molar-refractivity contribution in [1.82, 2.24) is 9.13 Å². The Labute approximate surface area is 228 Å². The number of hydrogen-bond donors (Lipinski definition) is 0. The Morgan fingerprint density at radius 2 is 1.46 bits per heavy atom. The summed E-state index contributed by atoms with van der Waals surface area (Å²) in [4.78, 5) is 38.1. The number of carbonyl (C=O) groups is 3. The smallest absolute Gasteiger partial charge is 0.337 e. The highest BCUT2D eigenvalue weighted by Crippen LogP contribution is 2.34. The maximum Gasteiger partial charge on any atom is 0.337 e. The zero-order valence-electron chi connectivity index (χ0n) is 23.3. The van der Waals surface area contributed by atoms with Gasteiger partial charge in [-0.05, 0) is 82.5 Å². The molecule has 4 rings (SSSR count). The lowest BCUT2D eigenvalue weighted by Gasteiger charge is -2.17. The number of esters is 2. The lowest BCUT2D eigenvalue weighted by Crippen LogP contribution is -2.10. The molecule has 3 aromatic rings. The molecule has 1 fully saturated rings. The number of aryl methyl sites for hydroxylation is 2. The van der Waals surface area contributed by atoms with Gasteiger partial charge in [0.1, 0.15) is 11.6 Å². The first-order chi connectivity index (χ1) is 18.6. The number of hydrogen-bond acceptors (Lipinski definition) is 6. The van der Waals surface area contributed by atoms with Gasteiger partial charge in [-0.2, -0.15) is 5.26 Å². The van der Waals surface area contributed by atoms with E-state index in [1.807, 2.05) is 44.4 Å². The molecular weight excluding hydrogens is 494 g/mol. The molecule has 202 valence electrons. The standard InChI is InChI=1S/C31H33N3O5/c1-18-11-22(20(3)33(18)27-15-23(30(36)38-5)14-24(16-27)31(37)39-6)13-25(17-32)29(35)28-12-19(2)34(21(28)4)26-9-7-8-10-26/h11-16,26H,7-10H2,1-6H3. The molecule has 1 aliphatic carbocycles. The van der Waals surface area contributed by atoms with E-state index < -0.39 is 11.9 Å². The molecule has 0 N–H and O–H groups in total. The Morgan fingerprint density at radius 1 is 0.872 bits per heavy atom. The minimum atomic E-state index is -0.586. The Balaban J connectivity index is 1.76. The monoisotopic (exact) mass is 527 g/mol. The highest BCUT2D eigenvalue weighted by atomic mass is 16.5. The minimum absolute atomic E-state index is 0.0421. The largest absolute Gasteiger partial charge is 0.465 e. The number of nitrogens with zero attached hydrogens (tertiary/aromatic N) is 3. The zero-order valence-corrected chi connectivity index (χ0v) is 23.3. The van der Waals surface area contributed by atoms with Gasteiger partial charge in [-0.15, -0.1) is 0 Å². The van der Waals surface area contributed by atoms with Crippen molar-refractivity contribution in [1.29, 1.82) is 5.26 Å². The number of methoxy groups -OCH3 is 2. The SMILES string of the molecule is COC(=O)c1cc(C(=O)OC)cc(-n2c(C)cc(C=C(C#N)C(=O)c3cc(C)n(C4CCCC4)c3C)c2C)c1. The number of nitriles is 1. The average molecular weight is 528 g/mol. The Kier molecular flexibility index (Phi) is 7.91. The van der Waals surface area contributed by atoms with Crippen LogP contribution in [-0.2, 0) is 9.47 Å². The number of allylic oxidation sites excluding steroid dienone is 1. The second-order valence-corrected chi connectivity index (χ2v) is 10.0. The van der Waals surface area contributed by atoms with Crippen LogP contribution in [0.3, 0.4) is 0 Å². The zero-order chi connectivity index (χ0) is 28.4. The van der Waals surface area contributed by atoms with Crippen LogP contribution in [0.1, 0.15) is 91.1 Å². The predicted octanol–water partition coefficient (Wildman–Crippen LogP) is 5.99. The van der Waals surface area contributed by atoms with Crippen molar-refractivity contribution in [2.45, 2.75) is 59.4 Å². The lowest BCUT2D eigenvalue weighted by molar-refractivity contribution is 0.0599. The van der Waals surface area contributed by atoms with Gasteiger partial charge >= 0.3 is 11.9 Å². The Bertz CT molecular complexity index is 1510. The van der Waals surface area contributed by atoms with E-state index in [2.05, 4.69) is 10.6 Å². The molecule has 1 aliphatic rings. The average Bonchev–Trinajstić information content (AvgIpc) is 3.63. The van der Waals surface area contributed by atoms with Gasteiger partial charge in [-0.25, -0.2) is 9.59 Å². The summed E-state index contributed by atoms with van der Waals surface area (Å²) in [5.74, 6) is -1.48. The maximum atomic E-state index is 13.5. The molecule has 0 unspecified atom stereocenters. The third-order valence-electron chi connectivity index (χ3n) is 7.57. The predicted molar refractivity (Wildman–Crippen MR) is 147 cm³/mol. The molecule has 0 aliphatic heterocycles. The second-order valence-electron chi connectivity index (χ2n) is 10.0. The Morgan fingerprint density at radius 3 is 2.00 bits per heavy atom. The summed E-state index contributed by atoms with van der Waals surface area (Å²) in [6, 6.07) is 10.9. The highest BCUT2D eigenvalue weighted by Gasteiger charge is 2.25. The van der Waals surface area contributed by atoms with E-state index in [-0.39, 0.29) is 22.5 Å². The van der Waals surface area contributed by atoms with Crippen molar-refractivity contribution >= 4 is 23.8 Å². The molecule has 0 atom stereocenters. The summed E-state index contributed by atoms with van der Waals surface area (Å²) in [6.45, 7) is 7.69. The molecule has 2 heterocycles. The number of benzene rings is 1. The van der Waals surface area contributed by atoms with E-state index in [0.29, 0.717) is 22.9 Å². The molecular formula is C31H33N3O5. The van der Waals surface area contributed by atoms with E-state index in [4.69, 9.17) is 9.47 Å². The molecule has 0 saturated heterocycles. The van der Waals surface area contributed by atoms with Gasteiger partial charge in [-0.1, -0.05) is 12.8 Å². The van der Waals surface area contributed by atoms with Crippen molar-refractivity contribution in [3.63, 3.8) is 0 Å². The summed E-state index contributed by atoms with van der Waals surface area (Å²) >= 11 is 0. The van der Waals surface area contributed by atoms with Crippen LogP contribution in [-0.4, -0.2) is 41.1 Å². The van der Waals surface area contributed by atoms with Crippen LogP contribution in [0.25, 0.3) is 11.8 Å². The van der Waals surface area contributed by atoms with Gasteiger partial charge < -0.3 is 18.6 Å². The molecule has 8 heteroatoms. The van der Waals surface area contributed by atoms with Crippen molar-refractivity contribution in [2.75, 3.05) is 14.2 Å². The summed E-state index contributed by atoms with van der Waals surface area (Å²) in [7, 11) is 2.54. The van der Waals surface area contributed by atoms with E-state index in [1.165, 1.54) is 33.1 Å². The number of Topliss-reactive ketones (excluding diaryl/α,β-unsaturated/α-hetero) is 1. The Hall–Kier alpha value is -4.38. The van der Waals surface area contributed by atoms with Crippen LogP contribution in [0, 0.1) is 39.0 Å². The van der Waals surface area contributed by atoms with Gasteiger partial charge in [0.15, 0.2) is 0 Å². The number of carbonyl (C=O) groups excluding carboxylic acids is 3. The van der Waals surface area contributed by atoms with E-state index >= 15 is 0 Å². The lowest BCUT2D eigenvalue weighted by atomic mass is 10.0. The molecule has 1 saturated carbocycles. The molecule has 8 nitrogen and oxygen atoms in total. The second kappa shape index (κ2) is 11.2. The summed E-state index contributed by atoms with van der Waals surface area (Å²) in [5.41, 5.74) is 5.69. The number of ketones is 1. The molecule has 39 heavy (non-hydrogen) atoms. The van der Waals surface area contributed by atoms with Crippen molar-refractivity contribution in [2.24, 2.45) is 0 Å².